The van der Waals surface area contributed by atoms with Crippen molar-refractivity contribution in [3.05, 3.63) is 70.8 Å². The molecule has 0 heterocycles. The quantitative estimate of drug-likeness (QED) is 0.260. The van der Waals surface area contributed by atoms with Crippen molar-refractivity contribution in [1.82, 2.24) is 0 Å². The number of benzene rings is 2. The summed E-state index contributed by atoms with van der Waals surface area (Å²) >= 11 is 1.62. The van der Waals surface area contributed by atoms with Crippen LogP contribution in [0.2, 0.25) is 0 Å². The summed E-state index contributed by atoms with van der Waals surface area (Å²) in [6.07, 6.45) is 0. The van der Waals surface area contributed by atoms with Gasteiger partial charge in [0, 0.05) is 0 Å². The Morgan fingerprint density at radius 2 is 1.05 bits per heavy atom. The molecule has 0 unspecified atom stereocenters. The van der Waals surface area contributed by atoms with Gasteiger partial charge in [-0.05, 0) is 0 Å². The van der Waals surface area contributed by atoms with E-state index in [1.165, 1.54) is 6.14 Å². The van der Waals surface area contributed by atoms with Gasteiger partial charge >= 0.3 is 119 Å². The molecule has 0 saturated carbocycles. The number of hydrogen-bond donors (Lipinski definition) is 1. The van der Waals surface area contributed by atoms with Crippen LogP contribution < -0.4 is 6.14 Å². The Morgan fingerprint density at radius 1 is 0.842 bits per heavy atom. The molecule has 2 aromatic rings. The van der Waals surface area contributed by atoms with Gasteiger partial charge in [-0.3, -0.25) is 0 Å². The molecule has 2 rings (SSSR count). The van der Waals surface area contributed by atoms with Gasteiger partial charge in [0.2, 0.25) is 0 Å². The van der Waals surface area contributed by atoms with E-state index in [1.807, 2.05) is 0 Å². The first kappa shape index (κ1) is 20.8. The average Bonchev–Trinajstić information content (AvgIpc) is 2.31. The van der Waals surface area contributed by atoms with Gasteiger partial charge in [-0.1, -0.05) is 0 Å². The Kier molecular flexibility index (Phi) is 15.2. The molecule has 19 heavy (non-hydrogen) atoms. The van der Waals surface area contributed by atoms with E-state index in [1.54, 1.807) is 0 Å². The zero-order valence-corrected chi connectivity index (χ0v) is 21.4. The van der Waals surface area contributed by atoms with E-state index in [0.717, 1.165) is 52.2 Å². The third kappa shape index (κ3) is 17.5. The minimum absolute atomic E-state index is 0. The first-order chi connectivity index (χ1) is 8.52. The summed E-state index contributed by atoms with van der Waals surface area (Å²) in [5.41, 5.74) is 0. The van der Waals surface area contributed by atoms with Gasteiger partial charge in [-0.2, -0.15) is 0 Å². The van der Waals surface area contributed by atoms with Crippen LogP contribution in [0.1, 0.15) is 0 Å². The third-order valence-electron chi connectivity index (χ3n) is 1.69. The van der Waals surface area contributed by atoms with Gasteiger partial charge in [-0.15, -0.1) is 10.1 Å². The molecule has 0 atom stereocenters. The number of nitrogens with zero attached hydrogens (tertiary/aromatic N) is 1. The Morgan fingerprint density at radius 3 is 1.16 bits per heavy atom. The third-order valence-corrected chi connectivity index (χ3v) is 5.35. The Hall–Kier alpha value is -0.530. The van der Waals surface area contributed by atoms with Crippen LogP contribution in [0, 0.1) is 10.1 Å². The molecule has 3 N–H and O–H groups in total. The van der Waals surface area contributed by atoms with Gasteiger partial charge in [0.25, 0.3) is 5.09 Å². The van der Waals surface area contributed by atoms with Gasteiger partial charge < -0.3 is 10.7 Å². The second-order valence-corrected chi connectivity index (χ2v) is 9.56. The summed E-state index contributed by atoms with van der Waals surface area (Å²) < 4.78 is 3.03. The zero-order valence-electron chi connectivity index (χ0n) is 10.4. The van der Waals surface area contributed by atoms with Crippen LogP contribution in [-0.4, -0.2) is 15.8 Å². The molecule has 0 saturated heterocycles. The maximum atomic E-state index is 8.36. The zero-order chi connectivity index (χ0) is 13.8. The SMILES string of the molecule is O.O=[N+]([O-])O.[Hg+][c]1ccccc1.[Hg+][c]1ccccc1. The second kappa shape index (κ2) is 13.9. The molecule has 0 radical (unpaired) electrons. The van der Waals surface area contributed by atoms with Crippen molar-refractivity contribution in [2.45, 2.75) is 0 Å². The Bertz CT molecular complexity index is 398. The predicted octanol–water partition coefficient (Wildman–Crippen LogP) is 0.545. The van der Waals surface area contributed by atoms with E-state index < -0.39 is 5.09 Å². The van der Waals surface area contributed by atoms with Crippen LogP contribution in [0.15, 0.2) is 60.7 Å². The standard InChI is InChI=1S/2C6H5.2Hg.HNO3.H2O/c2*1-2-4-6-5-3-1;;;2-1(3)4;/h2*1-5H;;;(H,2,3,4);1H2/q;;2*+1;;. The van der Waals surface area contributed by atoms with E-state index in [4.69, 9.17) is 15.3 Å². The van der Waals surface area contributed by atoms with Crippen molar-refractivity contribution in [1.29, 1.82) is 0 Å². The van der Waals surface area contributed by atoms with E-state index in [2.05, 4.69) is 60.7 Å². The molecular weight excluding hydrogens is 623 g/mol. The molecular formula is C12H13Hg2NO4+2. The molecule has 0 aromatic heterocycles. The monoisotopic (exact) mass is 639 g/mol. The van der Waals surface area contributed by atoms with Gasteiger partial charge in [0.1, 0.15) is 0 Å². The van der Waals surface area contributed by atoms with Crippen LogP contribution in [-0.2, 0) is 52.2 Å². The first-order valence-corrected chi connectivity index (χ1v) is 10.6. The fraction of sp³-hybridized carbons (Fsp3) is 0. The molecule has 0 aliphatic carbocycles. The van der Waals surface area contributed by atoms with Crippen molar-refractivity contribution in [3.8, 4) is 0 Å². The molecule has 7 heteroatoms. The van der Waals surface area contributed by atoms with E-state index in [9.17, 15) is 0 Å². The van der Waals surface area contributed by atoms with Crippen LogP contribution in [0.4, 0.5) is 0 Å². The summed E-state index contributed by atoms with van der Waals surface area (Å²) in [5.74, 6) is 0. The van der Waals surface area contributed by atoms with Crippen molar-refractivity contribution >= 4 is 6.14 Å². The fourth-order valence-corrected chi connectivity index (χ4v) is 3.07. The van der Waals surface area contributed by atoms with Crippen molar-refractivity contribution < 1.29 is 68.0 Å². The molecule has 2 aromatic carbocycles. The fourth-order valence-electron chi connectivity index (χ4n) is 0.956. The summed E-state index contributed by atoms with van der Waals surface area (Å²) in [6, 6.07) is 21.1. The summed E-state index contributed by atoms with van der Waals surface area (Å²) in [5, 5.41) is 13.6. The van der Waals surface area contributed by atoms with Crippen LogP contribution in [0.3, 0.4) is 0 Å². The maximum absolute atomic E-state index is 8.36. The average molecular weight is 636 g/mol. The van der Waals surface area contributed by atoms with Crippen LogP contribution in [0.5, 0.6) is 0 Å². The Labute approximate surface area is 144 Å². The number of hydrogen-bond acceptors (Lipinski definition) is 2. The molecule has 5 nitrogen and oxygen atoms in total. The topological polar surface area (TPSA) is 94.9 Å². The van der Waals surface area contributed by atoms with Gasteiger partial charge in [-0.25, -0.2) is 0 Å². The molecule has 0 aliphatic rings. The van der Waals surface area contributed by atoms with Crippen molar-refractivity contribution in [3.63, 3.8) is 0 Å². The van der Waals surface area contributed by atoms with Gasteiger partial charge in [0.05, 0.1) is 0 Å². The van der Waals surface area contributed by atoms with Gasteiger partial charge in [0.15, 0.2) is 0 Å². The van der Waals surface area contributed by atoms with Crippen molar-refractivity contribution in [2.24, 2.45) is 0 Å². The van der Waals surface area contributed by atoms with Crippen molar-refractivity contribution in [2.75, 3.05) is 0 Å². The molecule has 0 amide bonds. The minimum atomic E-state index is -1.50. The molecule has 0 spiro atoms. The summed E-state index contributed by atoms with van der Waals surface area (Å²) in [7, 11) is 0. The molecule has 0 bridgehead atoms. The predicted molar refractivity (Wildman–Crippen MR) is 64.5 cm³/mol. The Balaban J connectivity index is 0. The second-order valence-electron chi connectivity index (χ2n) is 3.21. The number of rotatable bonds is 0. The van der Waals surface area contributed by atoms with Crippen LogP contribution >= 0.6 is 0 Å². The first-order valence-electron chi connectivity index (χ1n) is 5.09. The van der Waals surface area contributed by atoms with E-state index >= 15 is 0 Å². The van der Waals surface area contributed by atoms with E-state index in [-0.39, 0.29) is 5.48 Å². The van der Waals surface area contributed by atoms with Crippen LogP contribution in [0.25, 0.3) is 0 Å². The normalized spacial score (nSPS) is 7.79. The molecule has 0 fully saturated rings. The molecule has 92 valence electrons. The van der Waals surface area contributed by atoms with E-state index in [0.29, 0.717) is 0 Å². The summed E-state index contributed by atoms with van der Waals surface area (Å²) in [6.45, 7) is 0. The summed E-state index contributed by atoms with van der Waals surface area (Å²) in [4.78, 5) is 8.36. The molecule has 0 aliphatic heterocycles.